The molecule has 26 heavy (non-hydrogen) atoms. The summed E-state index contributed by atoms with van der Waals surface area (Å²) in [6.45, 7) is 0. The van der Waals surface area contributed by atoms with Crippen molar-refractivity contribution in [2.75, 3.05) is 5.32 Å². The molecule has 1 heterocycles. The number of halogens is 1. The molecule has 0 spiro atoms. The smallest absolute Gasteiger partial charge is 0.292 e. The molecule has 2 N–H and O–H groups in total. The maximum Gasteiger partial charge on any atom is 0.329 e. The second-order valence-corrected chi connectivity index (χ2v) is 6.79. The summed E-state index contributed by atoms with van der Waals surface area (Å²) in [5, 5.41) is 14.9. The molecule has 2 amide bonds. The van der Waals surface area contributed by atoms with E-state index in [4.69, 9.17) is 0 Å². The van der Waals surface area contributed by atoms with E-state index in [1.54, 1.807) is 0 Å². The molecule has 1 aromatic heterocycles. The third-order valence-corrected chi connectivity index (χ3v) is 4.76. The number of amides is 2. The Morgan fingerprint density at radius 2 is 1.73 bits per heavy atom. The average molecular weight is 430 g/mol. The van der Waals surface area contributed by atoms with Crippen molar-refractivity contribution in [3.63, 3.8) is 0 Å². The molecule has 0 bridgehead atoms. The number of benzene rings is 2. The molecule has 0 atom stereocenters. The summed E-state index contributed by atoms with van der Waals surface area (Å²) in [5.74, 6) is -1.77. The first-order chi connectivity index (χ1) is 12.6. The Hall–Kier alpha value is -2.91. The average Bonchev–Trinajstić information content (AvgIpc) is 3.12. The minimum atomic E-state index is -0.898. The summed E-state index contributed by atoms with van der Waals surface area (Å²) in [4.78, 5) is 23.7. The summed E-state index contributed by atoms with van der Waals surface area (Å²) in [6, 6.07) is 16.8. The second kappa shape index (κ2) is 8.45. The third kappa shape index (κ3) is 4.58. The summed E-state index contributed by atoms with van der Waals surface area (Å²) in [7, 11) is 0. The SMILES string of the molecule is O=C(N/N=C/c1ccccc1Br)C(=O)Nc1nnc(-c2ccccc2)s1. The van der Waals surface area contributed by atoms with Gasteiger partial charge in [-0.15, -0.1) is 10.2 Å². The zero-order valence-corrected chi connectivity index (χ0v) is 15.6. The number of hydrogen-bond acceptors (Lipinski definition) is 6. The first-order valence-electron chi connectivity index (χ1n) is 7.41. The van der Waals surface area contributed by atoms with Crippen LogP contribution in [-0.2, 0) is 9.59 Å². The highest BCUT2D eigenvalue weighted by Crippen LogP contribution is 2.25. The lowest BCUT2D eigenvalue weighted by atomic mass is 10.2. The van der Waals surface area contributed by atoms with E-state index in [0.717, 1.165) is 15.6 Å². The van der Waals surface area contributed by atoms with Gasteiger partial charge in [-0.3, -0.25) is 14.9 Å². The van der Waals surface area contributed by atoms with E-state index >= 15 is 0 Å². The Morgan fingerprint density at radius 1 is 1.00 bits per heavy atom. The fourth-order valence-electron chi connectivity index (χ4n) is 1.92. The van der Waals surface area contributed by atoms with Gasteiger partial charge >= 0.3 is 11.8 Å². The van der Waals surface area contributed by atoms with E-state index in [0.29, 0.717) is 5.01 Å². The first-order valence-corrected chi connectivity index (χ1v) is 9.02. The van der Waals surface area contributed by atoms with Gasteiger partial charge in [-0.25, -0.2) is 5.43 Å². The van der Waals surface area contributed by atoms with Crippen molar-refractivity contribution in [2.24, 2.45) is 5.10 Å². The number of hydrazone groups is 1. The highest BCUT2D eigenvalue weighted by atomic mass is 79.9. The molecular formula is C17H12BrN5O2S. The molecule has 0 saturated heterocycles. The monoisotopic (exact) mass is 429 g/mol. The van der Waals surface area contributed by atoms with E-state index in [9.17, 15) is 9.59 Å². The van der Waals surface area contributed by atoms with Crippen LogP contribution in [0.1, 0.15) is 5.56 Å². The van der Waals surface area contributed by atoms with Crippen LogP contribution >= 0.6 is 27.3 Å². The summed E-state index contributed by atoms with van der Waals surface area (Å²) in [6.07, 6.45) is 1.44. The van der Waals surface area contributed by atoms with E-state index in [1.807, 2.05) is 54.6 Å². The molecule has 0 aliphatic carbocycles. The van der Waals surface area contributed by atoms with Crippen molar-refractivity contribution in [2.45, 2.75) is 0 Å². The van der Waals surface area contributed by atoms with Crippen molar-refractivity contribution in [1.29, 1.82) is 0 Å². The third-order valence-electron chi connectivity index (χ3n) is 3.15. The predicted molar refractivity (Wildman–Crippen MR) is 104 cm³/mol. The second-order valence-electron chi connectivity index (χ2n) is 4.95. The number of nitrogens with one attached hydrogen (secondary N) is 2. The van der Waals surface area contributed by atoms with Crippen LogP contribution in [0.4, 0.5) is 5.13 Å². The molecule has 0 fully saturated rings. The molecule has 9 heteroatoms. The number of nitrogens with zero attached hydrogens (tertiary/aromatic N) is 3. The molecule has 0 saturated carbocycles. The van der Waals surface area contributed by atoms with Crippen LogP contribution in [0.3, 0.4) is 0 Å². The Labute approximate surface area is 161 Å². The number of carbonyl (C=O) groups excluding carboxylic acids is 2. The maximum absolute atomic E-state index is 11.9. The number of rotatable bonds is 4. The van der Waals surface area contributed by atoms with Gasteiger partial charge in [0.15, 0.2) is 0 Å². The van der Waals surface area contributed by atoms with Crippen molar-refractivity contribution >= 4 is 50.4 Å². The highest BCUT2D eigenvalue weighted by molar-refractivity contribution is 9.10. The quantitative estimate of drug-likeness (QED) is 0.378. The van der Waals surface area contributed by atoms with Crippen molar-refractivity contribution in [3.8, 4) is 10.6 Å². The van der Waals surface area contributed by atoms with Crippen LogP contribution < -0.4 is 10.7 Å². The van der Waals surface area contributed by atoms with Gasteiger partial charge in [0.2, 0.25) is 5.13 Å². The first kappa shape index (κ1) is 17.9. The van der Waals surface area contributed by atoms with Gasteiger partial charge in [0.25, 0.3) is 0 Å². The van der Waals surface area contributed by atoms with Crippen LogP contribution in [0.5, 0.6) is 0 Å². The largest absolute Gasteiger partial charge is 0.329 e. The van der Waals surface area contributed by atoms with E-state index in [1.165, 1.54) is 17.6 Å². The van der Waals surface area contributed by atoms with Gasteiger partial charge in [-0.1, -0.05) is 75.8 Å². The summed E-state index contributed by atoms with van der Waals surface area (Å²) < 4.78 is 0.824. The van der Waals surface area contributed by atoms with Crippen LogP contribution in [0.25, 0.3) is 10.6 Å². The van der Waals surface area contributed by atoms with Crippen molar-refractivity contribution < 1.29 is 9.59 Å². The lowest BCUT2D eigenvalue weighted by molar-refractivity contribution is -0.136. The minimum Gasteiger partial charge on any atom is -0.292 e. The maximum atomic E-state index is 11.9. The molecule has 0 unspecified atom stereocenters. The fourth-order valence-corrected chi connectivity index (χ4v) is 3.05. The van der Waals surface area contributed by atoms with Gasteiger partial charge in [0, 0.05) is 15.6 Å². The predicted octanol–water partition coefficient (Wildman–Crippen LogP) is 3.06. The normalized spacial score (nSPS) is 10.7. The lowest BCUT2D eigenvalue weighted by Gasteiger charge is -2.00. The van der Waals surface area contributed by atoms with Gasteiger partial charge < -0.3 is 0 Å². The molecular weight excluding hydrogens is 418 g/mol. The number of hydrogen-bond donors (Lipinski definition) is 2. The molecule has 130 valence electrons. The summed E-state index contributed by atoms with van der Waals surface area (Å²) in [5.41, 5.74) is 3.82. The minimum absolute atomic E-state index is 0.235. The van der Waals surface area contributed by atoms with Crippen molar-refractivity contribution in [1.82, 2.24) is 15.6 Å². The van der Waals surface area contributed by atoms with Crippen LogP contribution in [0, 0.1) is 0 Å². The van der Waals surface area contributed by atoms with Crippen molar-refractivity contribution in [3.05, 3.63) is 64.6 Å². The molecule has 2 aromatic carbocycles. The lowest BCUT2D eigenvalue weighted by Crippen LogP contribution is -2.32. The zero-order chi connectivity index (χ0) is 18.4. The molecule has 3 aromatic rings. The van der Waals surface area contributed by atoms with Gasteiger partial charge in [-0.2, -0.15) is 5.10 Å². The molecule has 0 aliphatic rings. The molecule has 0 aliphatic heterocycles. The Bertz CT molecular complexity index is 959. The standard InChI is InChI=1S/C17H12BrN5O2S/c18-13-9-5-4-8-12(13)10-19-21-15(25)14(24)20-17-23-22-16(26-17)11-6-2-1-3-7-11/h1-10H,(H,21,25)(H,20,23,24)/b19-10+. The fraction of sp³-hybridized carbons (Fsp3) is 0. The van der Waals surface area contributed by atoms with Gasteiger partial charge in [-0.05, 0) is 6.07 Å². The van der Waals surface area contributed by atoms with Gasteiger partial charge in [0.05, 0.1) is 6.21 Å². The zero-order valence-electron chi connectivity index (χ0n) is 13.2. The van der Waals surface area contributed by atoms with Crippen LogP contribution in [0.15, 0.2) is 64.2 Å². The summed E-state index contributed by atoms with van der Waals surface area (Å²) >= 11 is 4.54. The highest BCUT2D eigenvalue weighted by Gasteiger charge is 2.16. The van der Waals surface area contributed by atoms with Crippen LogP contribution in [0.2, 0.25) is 0 Å². The number of carbonyl (C=O) groups is 2. The van der Waals surface area contributed by atoms with Gasteiger partial charge in [0.1, 0.15) is 5.01 Å². The van der Waals surface area contributed by atoms with E-state index < -0.39 is 11.8 Å². The Kier molecular flexibility index (Phi) is 5.82. The van der Waals surface area contributed by atoms with Crippen LogP contribution in [-0.4, -0.2) is 28.2 Å². The number of aromatic nitrogens is 2. The van der Waals surface area contributed by atoms with E-state index in [2.05, 4.69) is 42.0 Å². The molecule has 7 nitrogen and oxygen atoms in total. The molecule has 3 rings (SSSR count). The Balaban J connectivity index is 1.57. The molecule has 0 radical (unpaired) electrons. The topological polar surface area (TPSA) is 96.3 Å². The van der Waals surface area contributed by atoms with E-state index in [-0.39, 0.29) is 5.13 Å². The Morgan fingerprint density at radius 3 is 2.50 bits per heavy atom. The number of anilines is 1.